The standard InChI is InChI=1S/C19H22N6O4/c1-11(2)10-25-14-16(23(3)19(28)24(4)17(14)27)21-18(25)22-20-9-12-7-6-8-13(29-5)15(12)26/h6-9,26H,1,10H2,2-5H3,(H,21,22)/b20-9-. The number of allylic oxidation sites excluding steroid dienone is 1. The third kappa shape index (κ3) is 3.51. The maximum Gasteiger partial charge on any atom is 0.332 e. The van der Waals surface area contributed by atoms with Gasteiger partial charge in [-0.15, -0.1) is 0 Å². The van der Waals surface area contributed by atoms with Gasteiger partial charge in [0.25, 0.3) is 5.56 Å². The second-order valence-corrected chi connectivity index (χ2v) is 6.62. The molecular formula is C19H22N6O4. The average molecular weight is 398 g/mol. The third-order valence-corrected chi connectivity index (χ3v) is 4.39. The number of phenols is 1. The molecule has 152 valence electrons. The fraction of sp³-hybridized carbons (Fsp3) is 0.263. The molecule has 2 N–H and O–H groups in total. The van der Waals surface area contributed by atoms with Crippen LogP contribution in [0, 0.1) is 0 Å². The minimum Gasteiger partial charge on any atom is -0.504 e. The molecule has 0 aliphatic rings. The monoisotopic (exact) mass is 398 g/mol. The molecule has 3 rings (SSSR count). The van der Waals surface area contributed by atoms with Gasteiger partial charge in [0.1, 0.15) is 0 Å². The van der Waals surface area contributed by atoms with E-state index in [1.165, 1.54) is 24.9 Å². The number of phenolic OH excluding ortho intramolecular Hbond substituents is 1. The number of fused-ring (bicyclic) bond motifs is 1. The van der Waals surface area contributed by atoms with Crippen LogP contribution in [0.4, 0.5) is 5.95 Å². The van der Waals surface area contributed by atoms with Crippen LogP contribution in [-0.2, 0) is 20.6 Å². The number of benzene rings is 1. The van der Waals surface area contributed by atoms with Gasteiger partial charge in [0.2, 0.25) is 5.95 Å². The normalized spacial score (nSPS) is 11.3. The number of hydrogen-bond acceptors (Lipinski definition) is 7. The van der Waals surface area contributed by atoms with Gasteiger partial charge >= 0.3 is 5.69 Å². The Balaban J connectivity index is 2.09. The lowest BCUT2D eigenvalue weighted by Crippen LogP contribution is -2.37. The third-order valence-electron chi connectivity index (χ3n) is 4.39. The molecule has 0 aliphatic heterocycles. The van der Waals surface area contributed by atoms with Crippen LogP contribution >= 0.6 is 0 Å². The van der Waals surface area contributed by atoms with Crippen molar-refractivity contribution in [2.45, 2.75) is 13.5 Å². The summed E-state index contributed by atoms with van der Waals surface area (Å²) in [6.07, 6.45) is 1.40. The lowest BCUT2D eigenvalue weighted by molar-refractivity contribution is 0.373. The van der Waals surface area contributed by atoms with E-state index in [0.717, 1.165) is 10.1 Å². The Morgan fingerprint density at radius 3 is 2.72 bits per heavy atom. The summed E-state index contributed by atoms with van der Waals surface area (Å²) in [6, 6.07) is 5.01. The smallest absolute Gasteiger partial charge is 0.332 e. The van der Waals surface area contributed by atoms with Gasteiger partial charge in [-0.25, -0.2) is 10.2 Å². The van der Waals surface area contributed by atoms with Crippen molar-refractivity contribution >= 4 is 23.3 Å². The molecule has 1 aromatic carbocycles. The summed E-state index contributed by atoms with van der Waals surface area (Å²) >= 11 is 0. The number of nitrogens with one attached hydrogen (secondary N) is 1. The summed E-state index contributed by atoms with van der Waals surface area (Å²) in [5, 5.41) is 14.3. The Kier molecular flexibility index (Phi) is 5.26. The van der Waals surface area contributed by atoms with Crippen molar-refractivity contribution in [2.24, 2.45) is 19.2 Å². The molecule has 0 bridgehead atoms. The molecule has 2 aromatic heterocycles. The van der Waals surface area contributed by atoms with Crippen LogP contribution in [0.1, 0.15) is 12.5 Å². The van der Waals surface area contributed by atoms with Gasteiger partial charge in [-0.3, -0.25) is 18.5 Å². The number of imidazole rings is 1. The number of ether oxygens (including phenoxy) is 1. The van der Waals surface area contributed by atoms with Crippen LogP contribution in [-0.4, -0.2) is 37.1 Å². The van der Waals surface area contributed by atoms with Crippen LogP contribution in [0.5, 0.6) is 11.5 Å². The van der Waals surface area contributed by atoms with E-state index in [1.807, 2.05) is 6.92 Å². The fourth-order valence-corrected chi connectivity index (χ4v) is 2.92. The molecule has 0 fully saturated rings. The quantitative estimate of drug-likeness (QED) is 0.366. The van der Waals surface area contributed by atoms with Crippen molar-refractivity contribution in [1.29, 1.82) is 0 Å². The Morgan fingerprint density at radius 2 is 2.07 bits per heavy atom. The molecule has 0 saturated heterocycles. The van der Waals surface area contributed by atoms with Crippen LogP contribution in [0.3, 0.4) is 0 Å². The topological polar surface area (TPSA) is 116 Å². The summed E-state index contributed by atoms with van der Waals surface area (Å²) in [5.41, 5.74) is 3.57. The Bertz CT molecular complexity index is 1250. The number of nitrogens with zero attached hydrogens (tertiary/aromatic N) is 5. The van der Waals surface area contributed by atoms with Gasteiger partial charge < -0.3 is 9.84 Å². The first kappa shape index (κ1) is 19.9. The number of aromatic hydroxyl groups is 1. The van der Waals surface area contributed by atoms with E-state index < -0.39 is 11.2 Å². The highest BCUT2D eigenvalue weighted by Gasteiger charge is 2.19. The summed E-state index contributed by atoms with van der Waals surface area (Å²) in [6.45, 7) is 6.02. The molecule has 29 heavy (non-hydrogen) atoms. The highest BCUT2D eigenvalue weighted by Crippen LogP contribution is 2.28. The Morgan fingerprint density at radius 1 is 1.34 bits per heavy atom. The van der Waals surface area contributed by atoms with Crippen molar-refractivity contribution in [3.8, 4) is 11.5 Å². The molecule has 0 unspecified atom stereocenters. The zero-order valence-corrected chi connectivity index (χ0v) is 16.6. The van der Waals surface area contributed by atoms with E-state index in [9.17, 15) is 14.7 Å². The lowest BCUT2D eigenvalue weighted by atomic mass is 10.2. The van der Waals surface area contributed by atoms with E-state index >= 15 is 0 Å². The predicted octanol–water partition coefficient (Wildman–Crippen LogP) is 1.17. The van der Waals surface area contributed by atoms with Crippen molar-refractivity contribution in [1.82, 2.24) is 18.7 Å². The number of para-hydroxylation sites is 1. The lowest BCUT2D eigenvalue weighted by Gasteiger charge is -2.09. The molecule has 3 aromatic rings. The Hall–Kier alpha value is -3.82. The first-order valence-electron chi connectivity index (χ1n) is 8.72. The van der Waals surface area contributed by atoms with Crippen molar-refractivity contribution < 1.29 is 9.84 Å². The molecule has 0 radical (unpaired) electrons. The molecule has 0 spiro atoms. The Labute approximate surface area is 166 Å². The first-order chi connectivity index (χ1) is 13.8. The zero-order chi connectivity index (χ0) is 21.3. The minimum absolute atomic E-state index is 0.0488. The second kappa shape index (κ2) is 7.66. The number of aryl methyl sites for hydroxylation is 1. The highest BCUT2D eigenvalue weighted by molar-refractivity contribution is 5.85. The molecule has 10 heteroatoms. The van der Waals surface area contributed by atoms with Gasteiger partial charge in [0, 0.05) is 26.2 Å². The first-order valence-corrected chi connectivity index (χ1v) is 8.72. The van der Waals surface area contributed by atoms with Crippen molar-refractivity contribution in [2.75, 3.05) is 12.5 Å². The van der Waals surface area contributed by atoms with Gasteiger partial charge in [0.15, 0.2) is 22.7 Å². The summed E-state index contributed by atoms with van der Waals surface area (Å²) < 4.78 is 9.02. The molecule has 0 atom stereocenters. The summed E-state index contributed by atoms with van der Waals surface area (Å²) in [4.78, 5) is 29.3. The van der Waals surface area contributed by atoms with Crippen LogP contribution in [0.25, 0.3) is 11.2 Å². The molecule has 0 amide bonds. The average Bonchev–Trinajstić information content (AvgIpc) is 3.03. The van der Waals surface area contributed by atoms with Crippen molar-refractivity contribution in [3.05, 3.63) is 56.8 Å². The van der Waals surface area contributed by atoms with Gasteiger partial charge in [-0.2, -0.15) is 10.1 Å². The van der Waals surface area contributed by atoms with Gasteiger partial charge in [-0.05, 0) is 19.1 Å². The maximum atomic E-state index is 12.7. The van der Waals surface area contributed by atoms with E-state index in [2.05, 4.69) is 22.1 Å². The fourth-order valence-electron chi connectivity index (χ4n) is 2.92. The minimum atomic E-state index is -0.473. The maximum absolute atomic E-state index is 12.7. The van der Waals surface area contributed by atoms with E-state index in [-0.39, 0.29) is 22.9 Å². The number of anilines is 1. The summed E-state index contributed by atoms with van der Waals surface area (Å²) in [7, 11) is 4.42. The van der Waals surface area contributed by atoms with Crippen LogP contribution < -0.4 is 21.4 Å². The van der Waals surface area contributed by atoms with E-state index in [1.54, 1.807) is 29.8 Å². The van der Waals surface area contributed by atoms with Crippen molar-refractivity contribution in [3.63, 3.8) is 0 Å². The number of hydrazone groups is 1. The van der Waals surface area contributed by atoms with Crippen LogP contribution in [0.2, 0.25) is 0 Å². The second-order valence-electron chi connectivity index (χ2n) is 6.62. The molecule has 10 nitrogen and oxygen atoms in total. The molecule has 0 saturated carbocycles. The van der Waals surface area contributed by atoms with Gasteiger partial charge in [-0.1, -0.05) is 18.2 Å². The molecular weight excluding hydrogens is 376 g/mol. The number of rotatable bonds is 6. The number of aromatic nitrogens is 4. The predicted molar refractivity (Wildman–Crippen MR) is 111 cm³/mol. The SMILES string of the molecule is C=C(C)Cn1c(N/N=C\c2cccc(OC)c2O)nc2c1c(=O)n(C)c(=O)n2C. The highest BCUT2D eigenvalue weighted by atomic mass is 16.5. The molecule has 0 aliphatic carbocycles. The van der Waals surface area contributed by atoms with Crippen LogP contribution in [0.15, 0.2) is 45.0 Å². The number of methoxy groups -OCH3 is 1. The molecule has 2 heterocycles. The van der Waals surface area contributed by atoms with E-state index in [0.29, 0.717) is 17.9 Å². The number of hydrogen-bond donors (Lipinski definition) is 2. The van der Waals surface area contributed by atoms with Gasteiger partial charge in [0.05, 0.1) is 13.3 Å². The summed E-state index contributed by atoms with van der Waals surface area (Å²) in [5.74, 6) is 0.536. The zero-order valence-electron chi connectivity index (χ0n) is 16.6. The largest absolute Gasteiger partial charge is 0.504 e. The van der Waals surface area contributed by atoms with E-state index in [4.69, 9.17) is 4.74 Å².